The summed E-state index contributed by atoms with van der Waals surface area (Å²) in [6, 6.07) is 10.8. The molecule has 4 aromatic rings. The molecular weight excluding hydrogens is 529 g/mol. The van der Waals surface area contributed by atoms with E-state index in [-0.39, 0.29) is 22.9 Å². The number of ether oxygens (including phenoxy) is 2. The van der Waals surface area contributed by atoms with Gasteiger partial charge in [-0.05, 0) is 34.0 Å². The van der Waals surface area contributed by atoms with Crippen LogP contribution in [-0.4, -0.2) is 71.3 Å². The summed E-state index contributed by atoms with van der Waals surface area (Å²) in [4.78, 5) is 24.1. The molecule has 1 aliphatic rings. The summed E-state index contributed by atoms with van der Waals surface area (Å²) in [6.07, 6.45) is 1.12. The number of hydrogen-bond donors (Lipinski definition) is 1. The lowest BCUT2D eigenvalue weighted by Gasteiger charge is -2.33. The fourth-order valence-corrected chi connectivity index (χ4v) is 4.90. The van der Waals surface area contributed by atoms with Gasteiger partial charge in [0.15, 0.2) is 5.82 Å². The van der Waals surface area contributed by atoms with Crippen LogP contribution in [0.15, 0.2) is 42.6 Å². The molecule has 216 valence electrons. The number of aromatic nitrogens is 3. The number of nitro benzene ring substituents is 1. The maximum absolute atomic E-state index is 15.4. The molecule has 2 aromatic carbocycles. The Kier molecular flexibility index (Phi) is 7.54. The lowest BCUT2D eigenvalue weighted by atomic mass is 10.0. The highest BCUT2D eigenvalue weighted by molar-refractivity contribution is 5.97. The van der Waals surface area contributed by atoms with Crippen LogP contribution in [0.3, 0.4) is 0 Å². The number of halogens is 1. The van der Waals surface area contributed by atoms with Crippen LogP contribution in [0.4, 0.5) is 27.4 Å². The number of nitrogens with zero attached hydrogens (tertiary/aromatic N) is 6. The van der Waals surface area contributed by atoms with Crippen LogP contribution in [0.25, 0.3) is 22.2 Å². The van der Waals surface area contributed by atoms with Crippen molar-refractivity contribution in [1.82, 2.24) is 19.4 Å². The SMILES string of the molecule is COc1cc(NCC(C)(C)N(C)C)c([N+](=O)[O-])cc1N(C)c1ncc(F)c(-c2c3n(c4ccccc24)CCOC3)n1. The fraction of sp³-hybridized carbons (Fsp3) is 0.379. The predicted octanol–water partition coefficient (Wildman–Crippen LogP) is 5.20. The maximum Gasteiger partial charge on any atom is 0.294 e. The summed E-state index contributed by atoms with van der Waals surface area (Å²) in [5.41, 5.74) is 2.90. The first kappa shape index (κ1) is 28.2. The molecule has 0 atom stereocenters. The summed E-state index contributed by atoms with van der Waals surface area (Å²) >= 11 is 0. The summed E-state index contributed by atoms with van der Waals surface area (Å²) < 4.78 is 28.9. The molecule has 0 spiro atoms. The van der Waals surface area contributed by atoms with E-state index in [1.54, 1.807) is 18.0 Å². The van der Waals surface area contributed by atoms with Gasteiger partial charge in [0.25, 0.3) is 5.69 Å². The van der Waals surface area contributed by atoms with Gasteiger partial charge < -0.3 is 29.2 Å². The molecule has 41 heavy (non-hydrogen) atoms. The molecule has 0 saturated heterocycles. The topological polar surface area (TPSA) is 111 Å². The number of rotatable bonds is 9. The number of anilines is 3. The lowest BCUT2D eigenvalue weighted by Crippen LogP contribution is -2.44. The Hall–Kier alpha value is -4.29. The minimum Gasteiger partial charge on any atom is -0.494 e. The van der Waals surface area contributed by atoms with Gasteiger partial charge in [-0.2, -0.15) is 0 Å². The van der Waals surface area contributed by atoms with Crippen LogP contribution >= 0.6 is 0 Å². The van der Waals surface area contributed by atoms with Crippen molar-refractivity contribution in [3.63, 3.8) is 0 Å². The van der Waals surface area contributed by atoms with Gasteiger partial charge in [0.1, 0.15) is 17.1 Å². The third-order valence-electron chi connectivity index (χ3n) is 7.82. The third kappa shape index (κ3) is 5.16. The monoisotopic (exact) mass is 563 g/mol. The van der Waals surface area contributed by atoms with Crippen LogP contribution in [-0.2, 0) is 17.9 Å². The first-order valence-corrected chi connectivity index (χ1v) is 13.3. The summed E-state index contributed by atoms with van der Waals surface area (Å²) in [5, 5.41) is 16.2. The van der Waals surface area contributed by atoms with Gasteiger partial charge in [0.05, 0.1) is 42.8 Å². The van der Waals surface area contributed by atoms with E-state index in [9.17, 15) is 10.1 Å². The molecule has 0 aliphatic carbocycles. The number of benzene rings is 2. The Bertz CT molecular complexity index is 1620. The summed E-state index contributed by atoms with van der Waals surface area (Å²) in [6.45, 7) is 6.09. The van der Waals surface area contributed by atoms with E-state index in [1.807, 2.05) is 57.1 Å². The zero-order valence-corrected chi connectivity index (χ0v) is 24.1. The van der Waals surface area contributed by atoms with E-state index in [4.69, 9.17) is 9.47 Å². The highest BCUT2D eigenvalue weighted by atomic mass is 19.1. The van der Waals surface area contributed by atoms with Crippen LogP contribution in [0.2, 0.25) is 0 Å². The Morgan fingerprint density at radius 2 is 2.00 bits per heavy atom. The smallest absolute Gasteiger partial charge is 0.294 e. The largest absolute Gasteiger partial charge is 0.494 e. The Morgan fingerprint density at radius 3 is 2.71 bits per heavy atom. The summed E-state index contributed by atoms with van der Waals surface area (Å²) in [5.74, 6) is -0.0464. The van der Waals surface area contributed by atoms with E-state index in [2.05, 4.69) is 19.9 Å². The third-order valence-corrected chi connectivity index (χ3v) is 7.82. The second-order valence-electron chi connectivity index (χ2n) is 10.8. The van der Waals surface area contributed by atoms with Crippen LogP contribution in [0, 0.1) is 15.9 Å². The number of nitro groups is 1. The van der Waals surface area contributed by atoms with Crippen molar-refractivity contribution in [3.05, 3.63) is 64.2 Å². The highest BCUT2D eigenvalue weighted by Gasteiger charge is 2.28. The normalized spacial score (nSPS) is 13.4. The lowest BCUT2D eigenvalue weighted by molar-refractivity contribution is -0.383. The quantitative estimate of drug-likeness (QED) is 0.217. The van der Waals surface area contributed by atoms with Crippen molar-refractivity contribution in [2.75, 3.05) is 51.6 Å². The first-order chi connectivity index (χ1) is 19.5. The molecular formula is C29H34FN7O4. The van der Waals surface area contributed by atoms with E-state index >= 15 is 4.39 Å². The fourth-order valence-electron chi connectivity index (χ4n) is 4.90. The second-order valence-corrected chi connectivity index (χ2v) is 10.8. The van der Waals surface area contributed by atoms with Crippen molar-refractivity contribution >= 4 is 33.9 Å². The zero-order chi connectivity index (χ0) is 29.5. The van der Waals surface area contributed by atoms with Gasteiger partial charge >= 0.3 is 0 Å². The predicted molar refractivity (Wildman–Crippen MR) is 157 cm³/mol. The van der Waals surface area contributed by atoms with E-state index in [1.165, 1.54) is 13.2 Å². The van der Waals surface area contributed by atoms with Crippen molar-refractivity contribution in [1.29, 1.82) is 0 Å². The number of hydrogen-bond acceptors (Lipinski definition) is 9. The molecule has 12 heteroatoms. The van der Waals surface area contributed by atoms with Crippen LogP contribution < -0.4 is 15.0 Å². The zero-order valence-electron chi connectivity index (χ0n) is 24.1. The maximum atomic E-state index is 15.4. The minimum absolute atomic E-state index is 0.130. The Balaban J connectivity index is 1.58. The number of methoxy groups -OCH3 is 1. The van der Waals surface area contributed by atoms with Crippen LogP contribution in [0.5, 0.6) is 5.75 Å². The second kappa shape index (κ2) is 10.9. The number of likely N-dealkylation sites (N-methyl/N-ethyl adjacent to an activating group) is 1. The molecule has 0 amide bonds. The van der Waals surface area contributed by atoms with Gasteiger partial charge in [-0.3, -0.25) is 10.1 Å². The van der Waals surface area contributed by atoms with Crippen molar-refractivity contribution in [3.8, 4) is 17.0 Å². The first-order valence-electron chi connectivity index (χ1n) is 13.3. The molecule has 11 nitrogen and oxygen atoms in total. The molecule has 0 bridgehead atoms. The average molecular weight is 564 g/mol. The van der Waals surface area contributed by atoms with Crippen molar-refractivity contribution in [2.45, 2.75) is 32.5 Å². The molecule has 0 unspecified atom stereocenters. The van der Waals surface area contributed by atoms with Crippen LogP contribution in [0.1, 0.15) is 19.5 Å². The van der Waals surface area contributed by atoms with Gasteiger partial charge in [0.2, 0.25) is 5.95 Å². The van der Waals surface area contributed by atoms with E-state index in [0.29, 0.717) is 49.0 Å². The highest BCUT2D eigenvalue weighted by Crippen LogP contribution is 2.41. The molecule has 0 radical (unpaired) electrons. The molecule has 0 fully saturated rings. The Morgan fingerprint density at radius 1 is 1.24 bits per heavy atom. The van der Waals surface area contributed by atoms with E-state index < -0.39 is 10.7 Å². The van der Waals surface area contributed by atoms with Crippen molar-refractivity contribution in [2.24, 2.45) is 0 Å². The van der Waals surface area contributed by atoms with Gasteiger partial charge in [-0.1, -0.05) is 18.2 Å². The molecule has 1 aliphatic heterocycles. The molecule has 5 rings (SSSR count). The van der Waals surface area contributed by atoms with Gasteiger partial charge in [0, 0.05) is 54.3 Å². The van der Waals surface area contributed by atoms with Gasteiger partial charge in [-0.15, -0.1) is 0 Å². The number of nitrogens with one attached hydrogen (secondary N) is 1. The Labute approximate surface area is 237 Å². The van der Waals surface area contributed by atoms with Crippen molar-refractivity contribution < 1.29 is 18.8 Å². The van der Waals surface area contributed by atoms with E-state index in [0.717, 1.165) is 22.8 Å². The summed E-state index contributed by atoms with van der Waals surface area (Å²) in [7, 11) is 7.05. The average Bonchev–Trinajstić information content (AvgIpc) is 3.29. The number of fused-ring (bicyclic) bond motifs is 3. The molecule has 1 N–H and O–H groups in total. The molecule has 0 saturated carbocycles. The molecule has 2 aromatic heterocycles. The number of para-hydroxylation sites is 1. The van der Waals surface area contributed by atoms with Gasteiger partial charge in [-0.25, -0.2) is 14.4 Å². The minimum atomic E-state index is -0.576. The standard InChI is InChI=1S/C29H34FN7O4/c1-29(2,34(3)4)17-32-20-13-25(40-6)23(14-22(20)37(38)39)35(5)28-31-15-19(30)27(33-28)26-18-9-7-8-10-21(18)36-11-12-41-16-24(26)36/h7-10,13-15,32H,11-12,16-17H2,1-6H3. The molecule has 3 heterocycles.